The van der Waals surface area contributed by atoms with Crippen LogP contribution in [0.25, 0.3) is 16.5 Å². The minimum Gasteiger partial charge on any atom is -0.508 e. The molecular weight excluding hydrogens is 386 g/mol. The molecule has 30 heavy (non-hydrogen) atoms. The minimum atomic E-state index is -0.732. The summed E-state index contributed by atoms with van der Waals surface area (Å²) in [5.41, 5.74) is 0.888. The molecule has 0 aliphatic heterocycles. The molecule has 0 fully saturated rings. The van der Waals surface area contributed by atoms with Gasteiger partial charge in [0.1, 0.15) is 29.4 Å². The molecular formula is C23H21NO6. The van der Waals surface area contributed by atoms with Gasteiger partial charge in [0.05, 0.1) is 18.3 Å². The van der Waals surface area contributed by atoms with E-state index in [4.69, 9.17) is 14.2 Å². The van der Waals surface area contributed by atoms with Crippen molar-refractivity contribution in [1.29, 1.82) is 0 Å². The number of nitrogens with zero attached hydrogens (tertiary/aromatic N) is 1. The van der Waals surface area contributed by atoms with Gasteiger partial charge >= 0.3 is 11.9 Å². The van der Waals surface area contributed by atoms with Crippen LogP contribution >= 0.6 is 0 Å². The van der Waals surface area contributed by atoms with Gasteiger partial charge in [-0.3, -0.25) is 9.78 Å². The summed E-state index contributed by atoms with van der Waals surface area (Å²) in [6, 6.07) is 16.1. The van der Waals surface area contributed by atoms with E-state index in [0.717, 1.165) is 0 Å². The number of fused-ring (bicyclic) bond motifs is 1. The molecule has 154 valence electrons. The van der Waals surface area contributed by atoms with E-state index in [1.165, 1.54) is 6.92 Å². The Bertz CT molecular complexity index is 1090. The highest BCUT2D eigenvalue weighted by Crippen LogP contribution is 2.31. The molecule has 0 bridgehead atoms. The first-order chi connectivity index (χ1) is 14.5. The molecule has 0 aliphatic rings. The molecule has 0 spiro atoms. The summed E-state index contributed by atoms with van der Waals surface area (Å²) in [5.74, 6) is -0.628. The van der Waals surface area contributed by atoms with E-state index in [1.807, 2.05) is 30.3 Å². The van der Waals surface area contributed by atoms with Gasteiger partial charge in [0.2, 0.25) is 0 Å². The molecule has 1 aromatic heterocycles. The van der Waals surface area contributed by atoms with Crippen molar-refractivity contribution in [2.45, 2.75) is 13.8 Å². The number of pyridine rings is 1. The van der Waals surface area contributed by atoms with E-state index in [2.05, 4.69) is 4.98 Å². The van der Waals surface area contributed by atoms with Gasteiger partial charge in [-0.05, 0) is 31.2 Å². The van der Waals surface area contributed by atoms with Crippen LogP contribution in [0, 0.1) is 0 Å². The maximum Gasteiger partial charge on any atom is 0.342 e. The fraction of sp³-hybridized carbons (Fsp3) is 0.174. The molecule has 0 amide bonds. The van der Waals surface area contributed by atoms with E-state index >= 15 is 0 Å². The quantitative estimate of drug-likeness (QED) is 0.352. The lowest BCUT2D eigenvalue weighted by atomic mass is 9.99. The van der Waals surface area contributed by atoms with Gasteiger partial charge in [-0.25, -0.2) is 4.79 Å². The maximum absolute atomic E-state index is 12.6. The van der Waals surface area contributed by atoms with Crippen LogP contribution in [0.4, 0.5) is 0 Å². The number of esters is 2. The SMILES string of the molecule is CCOC(=O)/C(=C(\O)COC(C)=O)c1cccc2ncc(Oc3ccccc3)cc12. The second-order valence-corrected chi connectivity index (χ2v) is 6.28. The Balaban J connectivity index is 2.10. The van der Waals surface area contributed by atoms with Crippen LogP contribution in [0.5, 0.6) is 11.5 Å². The Hall–Kier alpha value is -3.87. The fourth-order valence-electron chi connectivity index (χ4n) is 2.86. The molecule has 0 radical (unpaired) electrons. The first kappa shape index (κ1) is 20.9. The monoisotopic (exact) mass is 407 g/mol. The first-order valence-electron chi connectivity index (χ1n) is 9.34. The molecule has 3 aromatic rings. The van der Waals surface area contributed by atoms with Gasteiger partial charge in [-0.1, -0.05) is 30.3 Å². The van der Waals surface area contributed by atoms with Crippen LogP contribution in [0.2, 0.25) is 0 Å². The van der Waals surface area contributed by atoms with Gasteiger partial charge in [-0.2, -0.15) is 0 Å². The number of carbonyl (C=O) groups excluding carboxylic acids is 2. The van der Waals surface area contributed by atoms with E-state index in [9.17, 15) is 14.7 Å². The van der Waals surface area contributed by atoms with E-state index in [1.54, 1.807) is 37.4 Å². The minimum absolute atomic E-state index is 0.0950. The number of rotatable bonds is 7. The smallest absolute Gasteiger partial charge is 0.342 e. The van der Waals surface area contributed by atoms with Gasteiger partial charge in [-0.15, -0.1) is 0 Å². The van der Waals surface area contributed by atoms with Crippen LogP contribution in [-0.2, 0) is 19.1 Å². The number of aromatic nitrogens is 1. The molecule has 0 aliphatic carbocycles. The first-order valence-corrected chi connectivity index (χ1v) is 9.34. The number of carbonyl (C=O) groups is 2. The predicted molar refractivity (Wildman–Crippen MR) is 111 cm³/mol. The molecule has 3 rings (SSSR count). The molecule has 1 N–H and O–H groups in total. The Morgan fingerprint density at radius 1 is 1.00 bits per heavy atom. The highest BCUT2D eigenvalue weighted by molar-refractivity contribution is 6.20. The number of hydrogen-bond donors (Lipinski definition) is 1. The average molecular weight is 407 g/mol. The van der Waals surface area contributed by atoms with Crippen molar-refractivity contribution in [1.82, 2.24) is 4.98 Å². The molecule has 7 heteroatoms. The van der Waals surface area contributed by atoms with E-state index < -0.39 is 24.3 Å². The van der Waals surface area contributed by atoms with Crippen LogP contribution in [0.15, 0.2) is 66.6 Å². The topological polar surface area (TPSA) is 95.0 Å². The summed E-state index contributed by atoms with van der Waals surface area (Å²) in [6.07, 6.45) is 1.57. The number of ether oxygens (including phenoxy) is 3. The maximum atomic E-state index is 12.6. The van der Waals surface area contributed by atoms with Crippen LogP contribution in [-0.4, -0.2) is 35.2 Å². The Kier molecular flexibility index (Phi) is 6.64. The summed E-state index contributed by atoms with van der Waals surface area (Å²) >= 11 is 0. The van der Waals surface area contributed by atoms with Crippen molar-refractivity contribution in [2.24, 2.45) is 0 Å². The van der Waals surface area contributed by atoms with Crippen molar-refractivity contribution < 1.29 is 28.9 Å². The number of benzene rings is 2. The van der Waals surface area contributed by atoms with Gasteiger partial charge < -0.3 is 19.3 Å². The highest BCUT2D eigenvalue weighted by Gasteiger charge is 2.22. The zero-order valence-corrected chi connectivity index (χ0v) is 16.6. The molecule has 0 saturated carbocycles. The summed E-state index contributed by atoms with van der Waals surface area (Å²) < 4.78 is 15.8. The number of para-hydroxylation sites is 1. The summed E-state index contributed by atoms with van der Waals surface area (Å²) in [6.45, 7) is 2.55. The van der Waals surface area contributed by atoms with Crippen molar-refractivity contribution in [3.63, 3.8) is 0 Å². The summed E-state index contributed by atoms with van der Waals surface area (Å²) in [5, 5.41) is 11.1. The Labute approximate surface area is 173 Å². The molecule has 0 unspecified atom stereocenters. The predicted octanol–water partition coefficient (Wildman–Crippen LogP) is 4.42. The zero-order chi connectivity index (χ0) is 21.5. The summed E-state index contributed by atoms with van der Waals surface area (Å²) in [4.78, 5) is 28.1. The molecule has 2 aromatic carbocycles. The number of aliphatic hydroxyl groups is 1. The Morgan fingerprint density at radius 2 is 1.77 bits per heavy atom. The summed E-state index contributed by atoms with van der Waals surface area (Å²) in [7, 11) is 0. The normalized spacial score (nSPS) is 11.5. The van der Waals surface area contributed by atoms with Gasteiger partial charge in [0.25, 0.3) is 0 Å². The lowest BCUT2D eigenvalue weighted by Gasteiger charge is -2.14. The number of aliphatic hydroxyl groups excluding tert-OH is 1. The van der Waals surface area contributed by atoms with Crippen molar-refractivity contribution in [2.75, 3.05) is 13.2 Å². The standard InChI is InChI=1S/C23H21NO6/c1-3-28-23(27)22(21(26)14-29-15(2)25)18-10-7-11-20-19(18)12-17(13-24-20)30-16-8-5-4-6-9-16/h4-13,26H,3,14H2,1-2H3/b22-21-. The molecule has 0 atom stereocenters. The average Bonchev–Trinajstić information content (AvgIpc) is 2.73. The van der Waals surface area contributed by atoms with Crippen LogP contribution in [0.3, 0.4) is 0 Å². The third-order valence-corrected chi connectivity index (χ3v) is 4.13. The largest absolute Gasteiger partial charge is 0.508 e. The lowest BCUT2D eigenvalue weighted by Crippen LogP contribution is -2.13. The van der Waals surface area contributed by atoms with E-state index in [-0.39, 0.29) is 12.2 Å². The number of hydrogen-bond acceptors (Lipinski definition) is 7. The molecule has 1 heterocycles. The third-order valence-electron chi connectivity index (χ3n) is 4.13. The second-order valence-electron chi connectivity index (χ2n) is 6.28. The van der Waals surface area contributed by atoms with Crippen LogP contribution < -0.4 is 4.74 Å². The highest BCUT2D eigenvalue weighted by atomic mass is 16.5. The van der Waals surface area contributed by atoms with Crippen molar-refractivity contribution >= 4 is 28.4 Å². The van der Waals surface area contributed by atoms with Crippen molar-refractivity contribution in [3.05, 3.63) is 72.1 Å². The molecule has 0 saturated heterocycles. The second kappa shape index (κ2) is 9.56. The molecule has 7 nitrogen and oxygen atoms in total. The lowest BCUT2D eigenvalue weighted by molar-refractivity contribution is -0.141. The Morgan fingerprint density at radius 3 is 2.47 bits per heavy atom. The third kappa shape index (κ3) is 4.94. The van der Waals surface area contributed by atoms with Gasteiger partial charge in [0.15, 0.2) is 0 Å². The van der Waals surface area contributed by atoms with E-state index in [0.29, 0.717) is 28.0 Å². The zero-order valence-electron chi connectivity index (χ0n) is 16.6. The van der Waals surface area contributed by atoms with Crippen molar-refractivity contribution in [3.8, 4) is 11.5 Å². The van der Waals surface area contributed by atoms with Crippen LogP contribution in [0.1, 0.15) is 19.4 Å². The fourth-order valence-corrected chi connectivity index (χ4v) is 2.86. The van der Waals surface area contributed by atoms with Gasteiger partial charge in [0, 0.05) is 17.9 Å².